The maximum atomic E-state index is 13.3. The molecular weight excluding hydrogens is 703 g/mol. The van der Waals surface area contributed by atoms with Gasteiger partial charge >= 0.3 is 5.97 Å². The predicted octanol–water partition coefficient (Wildman–Crippen LogP) is 8.81. The highest BCUT2D eigenvalue weighted by Crippen LogP contribution is 2.58. The molecule has 2 unspecified atom stereocenters. The van der Waals surface area contributed by atoms with Gasteiger partial charge < -0.3 is 23.8 Å². The first-order valence-electron chi connectivity index (χ1n) is 19.2. The topological polar surface area (TPSA) is 74.3 Å². The van der Waals surface area contributed by atoms with E-state index in [1.165, 1.54) is 16.7 Å². The van der Waals surface area contributed by atoms with Crippen LogP contribution in [0.2, 0.25) is 0 Å². The summed E-state index contributed by atoms with van der Waals surface area (Å²) in [6.07, 6.45) is 9.31. The Morgan fingerprint density at radius 1 is 0.906 bits per heavy atom. The number of hydrogen-bond donors (Lipinski definition) is 0. The molecule has 3 aromatic rings. The number of nitrogens with zero attached hydrogens (tertiary/aromatic N) is 1. The van der Waals surface area contributed by atoms with Gasteiger partial charge in [0.15, 0.2) is 23.0 Å². The summed E-state index contributed by atoms with van der Waals surface area (Å²) in [5.41, 5.74) is 4.70. The van der Waals surface area contributed by atoms with E-state index in [1.54, 1.807) is 14.2 Å². The van der Waals surface area contributed by atoms with E-state index in [9.17, 15) is 9.59 Å². The number of ketones is 1. The Bertz CT molecular complexity index is 1680. The van der Waals surface area contributed by atoms with Gasteiger partial charge in [0.1, 0.15) is 0 Å². The summed E-state index contributed by atoms with van der Waals surface area (Å²) in [5.74, 6) is 5.10. The Morgan fingerprint density at radius 3 is 2.40 bits per heavy atom. The van der Waals surface area contributed by atoms with Crippen LogP contribution in [0.15, 0.2) is 84.6 Å². The van der Waals surface area contributed by atoms with Crippen LogP contribution in [0.4, 0.5) is 0 Å². The van der Waals surface area contributed by atoms with Crippen LogP contribution in [-0.4, -0.2) is 74.7 Å². The van der Waals surface area contributed by atoms with Crippen molar-refractivity contribution in [1.82, 2.24) is 4.90 Å². The summed E-state index contributed by atoms with van der Waals surface area (Å²) in [7, 11) is 5.42. The molecule has 0 N–H and O–H groups in total. The Hall–Kier alpha value is -3.40. The Kier molecular flexibility index (Phi) is 14.3. The molecule has 0 radical (unpaired) electrons. The zero-order chi connectivity index (χ0) is 37.0. The van der Waals surface area contributed by atoms with Gasteiger partial charge in [-0.15, -0.1) is 0 Å². The number of thioether (sulfide) groups is 2. The van der Waals surface area contributed by atoms with Crippen LogP contribution in [0.25, 0.3) is 0 Å². The van der Waals surface area contributed by atoms with Crippen molar-refractivity contribution in [2.24, 2.45) is 5.92 Å². The molecule has 4 atom stereocenters. The quantitative estimate of drug-likeness (QED) is 0.0831. The second kappa shape index (κ2) is 19.3. The van der Waals surface area contributed by atoms with Crippen molar-refractivity contribution in [3.63, 3.8) is 0 Å². The number of likely N-dealkylation sites (tertiary alicyclic amines) is 1. The van der Waals surface area contributed by atoms with E-state index in [1.807, 2.05) is 29.6 Å². The number of ether oxygens (including phenoxy) is 4. The van der Waals surface area contributed by atoms with Gasteiger partial charge in [-0.25, -0.2) is 0 Å². The number of benzene rings is 3. The predicted molar refractivity (Wildman–Crippen MR) is 216 cm³/mol. The van der Waals surface area contributed by atoms with Gasteiger partial charge in [-0.1, -0.05) is 73.2 Å². The molecule has 2 bridgehead atoms. The van der Waals surface area contributed by atoms with Crippen LogP contribution in [0.1, 0.15) is 73.6 Å². The number of Topliss-reactive ketones (excluding diaryl/α,β-unsaturated/α-hetero) is 1. The number of carbonyl (C=O) groups is 2. The second-order valence-corrected chi connectivity index (χ2v) is 17.0. The van der Waals surface area contributed by atoms with E-state index in [2.05, 4.69) is 84.8 Å². The summed E-state index contributed by atoms with van der Waals surface area (Å²) in [6.45, 7) is 1.61. The average molecular weight is 758 g/mol. The van der Waals surface area contributed by atoms with Crippen molar-refractivity contribution < 1.29 is 28.5 Å². The molecule has 0 amide bonds. The van der Waals surface area contributed by atoms with Crippen molar-refractivity contribution in [3.8, 4) is 11.5 Å². The van der Waals surface area contributed by atoms with Gasteiger partial charge in [0.2, 0.25) is 0 Å². The molecule has 1 fully saturated rings. The van der Waals surface area contributed by atoms with Gasteiger partial charge in [0.25, 0.3) is 0 Å². The first kappa shape index (κ1) is 39.3. The number of likely N-dealkylation sites (N-methyl/N-ethyl adjacent to an activating group) is 1. The number of carbonyl (C=O) groups excluding carboxylic acids is 2. The number of fused-ring (bicyclic) bond motifs is 1. The summed E-state index contributed by atoms with van der Waals surface area (Å²) in [4.78, 5) is 28.4. The summed E-state index contributed by atoms with van der Waals surface area (Å²) in [6, 6.07) is 25.8. The lowest BCUT2D eigenvalue weighted by molar-refractivity contribution is -0.144. The van der Waals surface area contributed by atoms with Crippen LogP contribution in [-0.2, 0) is 42.4 Å². The Morgan fingerprint density at radius 2 is 1.66 bits per heavy atom. The van der Waals surface area contributed by atoms with E-state index in [4.69, 9.17) is 18.9 Å². The molecular formula is C44H55NO6S2. The number of allylic oxidation sites excluding steroid dienone is 1. The lowest BCUT2D eigenvalue weighted by Crippen LogP contribution is -2.60. The third-order valence-corrected chi connectivity index (χ3v) is 13.7. The SMILES string of the molecule is COC1=CC2[C@@H]3Cc4ccc(OC)c(OCCCOC(=O)CCCCC(CCSCc5ccccc5)SCc5ccccc5)c4[C@]2(CCN3C)CC1=O. The molecule has 0 spiro atoms. The molecule has 2 aliphatic carbocycles. The average Bonchev–Trinajstić information content (AvgIpc) is 3.18. The second-order valence-electron chi connectivity index (χ2n) is 14.6. The van der Waals surface area contributed by atoms with Crippen LogP contribution in [0, 0.1) is 5.92 Å². The smallest absolute Gasteiger partial charge is 0.305 e. The minimum Gasteiger partial charge on any atom is -0.493 e. The first-order chi connectivity index (χ1) is 25.9. The number of piperidine rings is 1. The van der Waals surface area contributed by atoms with E-state index >= 15 is 0 Å². The highest BCUT2D eigenvalue weighted by Gasteiger charge is 2.56. The monoisotopic (exact) mass is 757 g/mol. The molecule has 1 saturated heterocycles. The van der Waals surface area contributed by atoms with Gasteiger partial charge in [-0.05, 0) is 80.3 Å². The number of methoxy groups -OCH3 is 2. The van der Waals surface area contributed by atoms with E-state index in [-0.39, 0.29) is 29.1 Å². The minimum absolute atomic E-state index is 0.0416. The van der Waals surface area contributed by atoms with Crippen molar-refractivity contribution in [1.29, 1.82) is 0 Å². The highest BCUT2D eigenvalue weighted by molar-refractivity contribution is 7.99. The molecule has 0 aromatic heterocycles. The first-order valence-corrected chi connectivity index (χ1v) is 21.4. The lowest BCUT2D eigenvalue weighted by atomic mass is 9.53. The molecule has 9 heteroatoms. The van der Waals surface area contributed by atoms with Crippen LogP contribution >= 0.6 is 23.5 Å². The summed E-state index contributed by atoms with van der Waals surface area (Å²) < 4.78 is 23.5. The van der Waals surface area contributed by atoms with E-state index < -0.39 is 0 Å². The number of hydrogen-bond acceptors (Lipinski definition) is 9. The summed E-state index contributed by atoms with van der Waals surface area (Å²) >= 11 is 4.04. The number of rotatable bonds is 20. The molecule has 53 heavy (non-hydrogen) atoms. The van der Waals surface area contributed by atoms with Crippen molar-refractivity contribution in [2.75, 3.05) is 46.8 Å². The molecule has 284 valence electrons. The number of esters is 1. The largest absolute Gasteiger partial charge is 0.493 e. The summed E-state index contributed by atoms with van der Waals surface area (Å²) in [5, 5.41) is 0.562. The fourth-order valence-corrected chi connectivity index (χ4v) is 10.8. The normalized spacial score (nSPS) is 21.2. The lowest BCUT2D eigenvalue weighted by Gasteiger charge is -2.56. The van der Waals surface area contributed by atoms with Gasteiger partial charge in [-0.2, -0.15) is 23.5 Å². The zero-order valence-electron chi connectivity index (χ0n) is 31.6. The molecule has 1 heterocycles. The van der Waals surface area contributed by atoms with Crippen molar-refractivity contribution in [2.45, 2.75) is 86.0 Å². The van der Waals surface area contributed by atoms with E-state index in [0.29, 0.717) is 49.2 Å². The van der Waals surface area contributed by atoms with Gasteiger partial charge in [0.05, 0.1) is 27.4 Å². The molecule has 3 aliphatic rings. The molecule has 6 rings (SSSR count). The maximum Gasteiger partial charge on any atom is 0.305 e. The highest BCUT2D eigenvalue weighted by atomic mass is 32.2. The van der Waals surface area contributed by atoms with Gasteiger partial charge in [-0.3, -0.25) is 9.59 Å². The third kappa shape index (κ3) is 9.83. The van der Waals surface area contributed by atoms with Crippen molar-refractivity contribution >= 4 is 35.3 Å². The van der Waals surface area contributed by atoms with Crippen LogP contribution in [0.5, 0.6) is 11.5 Å². The fraction of sp³-hybridized carbons (Fsp3) is 0.500. The molecule has 1 aliphatic heterocycles. The van der Waals surface area contributed by atoms with Crippen LogP contribution < -0.4 is 9.47 Å². The van der Waals surface area contributed by atoms with Gasteiger partial charge in [0, 0.05) is 59.0 Å². The molecule has 3 aromatic carbocycles. The van der Waals surface area contributed by atoms with Crippen LogP contribution in [0.3, 0.4) is 0 Å². The maximum absolute atomic E-state index is 13.3. The Balaban J connectivity index is 0.963. The third-order valence-electron chi connectivity index (χ3n) is 11.2. The number of unbranched alkanes of at least 4 members (excludes halogenated alkanes) is 1. The van der Waals surface area contributed by atoms with E-state index in [0.717, 1.165) is 73.6 Å². The standard InChI is InChI=1S/C44H55NO6S2/c1-45-23-22-44-29-38(46)40(49-3)28-36(44)37(45)27-34-19-20-39(48-2)43(42(34)44)51-25-12-24-50-41(47)18-11-10-17-35(53-31-33-15-8-5-9-16-33)21-26-52-30-32-13-6-4-7-14-32/h4-9,13-16,19-20,28,35-37H,10-12,17-18,21-27,29-31H2,1-3H3/t35?,36?,37-,44+/m0/s1. The Labute approximate surface area is 324 Å². The van der Waals surface area contributed by atoms with Crippen molar-refractivity contribution in [3.05, 3.63) is 107 Å². The molecule has 0 saturated carbocycles. The molecule has 7 nitrogen and oxygen atoms in total. The minimum atomic E-state index is -0.361. The fourth-order valence-electron chi connectivity index (χ4n) is 8.36. The zero-order valence-corrected chi connectivity index (χ0v) is 33.2.